The summed E-state index contributed by atoms with van der Waals surface area (Å²) in [7, 11) is 0.0228. The number of likely N-dealkylation sites (N-methyl/N-ethyl adjacent to an activating group) is 2. The summed E-state index contributed by atoms with van der Waals surface area (Å²) in [6, 6.07) is 20.4. The maximum Gasteiger partial charge on any atom is 0.207 e. The first-order valence-electron chi connectivity index (χ1n) is 16.7. The lowest BCUT2D eigenvalue weighted by Crippen LogP contribution is -2.30. The molecular formula is C38H40F2N4O2S. The van der Waals surface area contributed by atoms with Crippen molar-refractivity contribution in [1.82, 2.24) is 10.6 Å². The van der Waals surface area contributed by atoms with Crippen molar-refractivity contribution in [3.05, 3.63) is 95.6 Å². The summed E-state index contributed by atoms with van der Waals surface area (Å²) in [5, 5.41) is 6.99. The number of halogens is 2. The molecule has 2 saturated heterocycles. The third-order valence-electron chi connectivity index (χ3n) is 11.1. The van der Waals surface area contributed by atoms with E-state index in [2.05, 4.69) is 46.7 Å². The number of nitrogens with zero attached hydrogens (tertiary/aromatic N) is 2. The van der Waals surface area contributed by atoms with Crippen LogP contribution in [0, 0.1) is 11.6 Å². The number of rotatable bonds is 4. The molecule has 8 rings (SSSR count). The predicted octanol–water partition coefficient (Wildman–Crippen LogP) is 6.70. The molecule has 4 atom stereocenters. The molecule has 0 aliphatic carbocycles. The molecule has 9 heteroatoms. The van der Waals surface area contributed by atoms with Crippen LogP contribution in [0.4, 0.5) is 20.2 Å². The quantitative estimate of drug-likeness (QED) is 0.239. The van der Waals surface area contributed by atoms with Crippen LogP contribution in [0.3, 0.4) is 0 Å². The van der Waals surface area contributed by atoms with Crippen LogP contribution in [-0.4, -0.2) is 60.8 Å². The maximum absolute atomic E-state index is 14.9. The highest BCUT2D eigenvalue weighted by molar-refractivity contribution is 7.91. The van der Waals surface area contributed by atoms with Crippen molar-refractivity contribution in [3.63, 3.8) is 0 Å². The normalized spacial score (nSPS) is 23.8. The van der Waals surface area contributed by atoms with Gasteiger partial charge in [-0.05, 0) is 135 Å². The largest absolute Gasteiger partial charge is 0.371 e. The molecule has 0 saturated carbocycles. The summed E-state index contributed by atoms with van der Waals surface area (Å²) >= 11 is 0. The van der Waals surface area contributed by atoms with Crippen molar-refractivity contribution >= 4 is 21.2 Å². The molecule has 6 nitrogen and oxygen atoms in total. The summed E-state index contributed by atoms with van der Waals surface area (Å²) < 4.78 is 59.2. The zero-order valence-electron chi connectivity index (χ0n) is 26.8. The minimum atomic E-state index is -4.21. The zero-order valence-corrected chi connectivity index (χ0v) is 27.6. The lowest BCUT2D eigenvalue weighted by molar-refractivity contribution is 0.531. The van der Waals surface area contributed by atoms with Gasteiger partial charge in [0, 0.05) is 60.5 Å². The third kappa shape index (κ3) is 5.05. The number of nitrogens with one attached hydrogen (secondary N) is 2. The average Bonchev–Trinajstić information content (AvgIpc) is 3.29. The molecule has 244 valence electrons. The van der Waals surface area contributed by atoms with Crippen LogP contribution in [0.5, 0.6) is 0 Å². The Balaban J connectivity index is 1.23. The Hall–Kier alpha value is -3.79. The van der Waals surface area contributed by atoms with Gasteiger partial charge in [-0.15, -0.1) is 0 Å². The average molecular weight is 655 g/mol. The Labute approximate surface area is 275 Å². The molecule has 47 heavy (non-hydrogen) atoms. The summed E-state index contributed by atoms with van der Waals surface area (Å²) in [6.07, 6.45) is 4.01. The van der Waals surface area contributed by atoms with Gasteiger partial charge in [0.15, 0.2) is 0 Å². The molecule has 4 heterocycles. The SMILES string of the molecule is CN1c2ccc(-c3cc(F)ccc3S(=O)(=O)c3ccc(F)cc3-c3ccc4c(c3)C3CCNCCC3N4C)cc2C2CCNCCC21. The molecule has 0 spiro atoms. The number of hydrogen-bond acceptors (Lipinski definition) is 6. The van der Waals surface area contributed by atoms with Crippen molar-refractivity contribution in [1.29, 1.82) is 0 Å². The number of anilines is 2. The highest BCUT2D eigenvalue weighted by atomic mass is 32.2. The van der Waals surface area contributed by atoms with Crippen molar-refractivity contribution in [2.45, 2.75) is 59.4 Å². The van der Waals surface area contributed by atoms with E-state index in [9.17, 15) is 17.2 Å². The highest BCUT2D eigenvalue weighted by Crippen LogP contribution is 2.48. The van der Waals surface area contributed by atoms with Gasteiger partial charge in [0.05, 0.1) is 9.79 Å². The second-order valence-electron chi connectivity index (χ2n) is 13.6. The molecule has 4 unspecified atom stereocenters. The molecule has 2 fully saturated rings. The Bertz CT molecular complexity index is 1850. The minimum Gasteiger partial charge on any atom is -0.371 e. The summed E-state index contributed by atoms with van der Waals surface area (Å²) in [5.74, 6) is -0.403. The number of fused-ring (bicyclic) bond motifs is 6. The molecule has 0 amide bonds. The fraction of sp³-hybridized carbons (Fsp3) is 0.368. The van der Waals surface area contributed by atoms with Crippen molar-refractivity contribution in [2.24, 2.45) is 0 Å². The second-order valence-corrected chi connectivity index (χ2v) is 15.4. The molecule has 4 aromatic carbocycles. The van der Waals surface area contributed by atoms with Crippen LogP contribution < -0.4 is 20.4 Å². The first kappa shape index (κ1) is 30.5. The maximum atomic E-state index is 14.9. The van der Waals surface area contributed by atoms with Gasteiger partial charge >= 0.3 is 0 Å². The minimum absolute atomic E-state index is 0.00735. The van der Waals surface area contributed by atoms with Gasteiger partial charge in [-0.1, -0.05) is 12.1 Å². The summed E-state index contributed by atoms with van der Waals surface area (Å²) in [4.78, 5) is 4.67. The number of benzene rings is 4. The fourth-order valence-electron chi connectivity index (χ4n) is 8.79. The first-order chi connectivity index (χ1) is 22.7. The summed E-state index contributed by atoms with van der Waals surface area (Å²) in [5.41, 5.74) is 6.56. The van der Waals surface area contributed by atoms with Gasteiger partial charge in [0.2, 0.25) is 9.84 Å². The van der Waals surface area contributed by atoms with Gasteiger partial charge in [-0.3, -0.25) is 0 Å². The molecule has 0 aromatic heterocycles. The fourth-order valence-corrected chi connectivity index (χ4v) is 10.4. The molecule has 0 bridgehead atoms. The van der Waals surface area contributed by atoms with E-state index in [1.165, 1.54) is 47.5 Å². The van der Waals surface area contributed by atoms with Crippen LogP contribution in [-0.2, 0) is 9.84 Å². The third-order valence-corrected chi connectivity index (χ3v) is 13.0. The van der Waals surface area contributed by atoms with Crippen LogP contribution in [0.25, 0.3) is 22.3 Å². The molecule has 4 aliphatic rings. The van der Waals surface area contributed by atoms with E-state index in [4.69, 9.17) is 0 Å². The van der Waals surface area contributed by atoms with E-state index >= 15 is 0 Å². The Morgan fingerprint density at radius 3 is 1.47 bits per heavy atom. The second kappa shape index (κ2) is 11.7. The van der Waals surface area contributed by atoms with Crippen molar-refractivity contribution in [2.75, 3.05) is 50.1 Å². The molecule has 4 aliphatic heterocycles. The van der Waals surface area contributed by atoms with Crippen molar-refractivity contribution in [3.8, 4) is 22.3 Å². The van der Waals surface area contributed by atoms with E-state index < -0.39 is 21.5 Å². The zero-order chi connectivity index (χ0) is 32.4. The Morgan fingerprint density at radius 2 is 1.02 bits per heavy atom. The number of hydrogen-bond donors (Lipinski definition) is 2. The van der Waals surface area contributed by atoms with E-state index in [-0.39, 0.29) is 9.79 Å². The predicted molar refractivity (Wildman–Crippen MR) is 183 cm³/mol. The molecule has 2 N–H and O–H groups in total. The monoisotopic (exact) mass is 654 g/mol. The van der Waals surface area contributed by atoms with E-state index in [0.717, 1.165) is 63.2 Å². The van der Waals surface area contributed by atoms with Crippen LogP contribution in [0.1, 0.15) is 48.6 Å². The topological polar surface area (TPSA) is 64.7 Å². The van der Waals surface area contributed by atoms with Gasteiger partial charge in [-0.25, -0.2) is 17.2 Å². The van der Waals surface area contributed by atoms with Crippen LogP contribution in [0.15, 0.2) is 82.6 Å². The van der Waals surface area contributed by atoms with Gasteiger partial charge in [0.25, 0.3) is 0 Å². The van der Waals surface area contributed by atoms with E-state index in [1.807, 2.05) is 24.3 Å². The van der Waals surface area contributed by atoms with Gasteiger partial charge < -0.3 is 20.4 Å². The van der Waals surface area contributed by atoms with Crippen LogP contribution in [0.2, 0.25) is 0 Å². The Kier molecular flexibility index (Phi) is 7.61. The smallest absolute Gasteiger partial charge is 0.207 e. The van der Waals surface area contributed by atoms with Crippen molar-refractivity contribution < 1.29 is 17.2 Å². The highest BCUT2D eigenvalue weighted by Gasteiger charge is 2.39. The van der Waals surface area contributed by atoms with Gasteiger partial charge in [0.1, 0.15) is 11.6 Å². The van der Waals surface area contributed by atoms with Gasteiger partial charge in [-0.2, -0.15) is 0 Å². The summed E-state index contributed by atoms with van der Waals surface area (Å²) in [6.45, 7) is 3.75. The lowest BCUT2D eigenvalue weighted by Gasteiger charge is -2.24. The standard InChI is InChI=1S/C38H40F2N4O2S/c1-43-33-7-3-23(19-31(33)27-11-15-41-17-13-35(27)43)29-21-25(39)5-9-37(29)47(45,46)38-10-6-26(40)22-30(38)24-4-8-34-32(20-24)28-12-16-42-18-14-36(28)44(34)2/h3-10,19-22,27-28,35-36,41-42H,11-18H2,1-2H3. The Morgan fingerprint density at radius 1 is 0.596 bits per heavy atom. The van der Waals surface area contributed by atoms with E-state index in [0.29, 0.717) is 46.2 Å². The molecule has 4 aromatic rings. The first-order valence-corrected chi connectivity index (χ1v) is 18.2. The number of sulfone groups is 1. The van der Waals surface area contributed by atoms with Crippen LogP contribution >= 0.6 is 0 Å². The van der Waals surface area contributed by atoms with E-state index in [1.54, 1.807) is 0 Å². The molecule has 0 radical (unpaired) electrons. The molecular weight excluding hydrogens is 615 g/mol. The lowest BCUT2D eigenvalue weighted by atomic mass is 9.89.